The molecule has 0 bridgehead atoms. The third-order valence-electron chi connectivity index (χ3n) is 8.46. The fourth-order valence-corrected chi connectivity index (χ4v) is 8.95. The van der Waals surface area contributed by atoms with E-state index in [-0.39, 0.29) is 0 Å². The Morgan fingerprint density at radius 1 is 0.571 bits per heavy atom. The van der Waals surface area contributed by atoms with Crippen molar-refractivity contribution in [3.63, 3.8) is 0 Å². The van der Waals surface area contributed by atoms with E-state index in [2.05, 4.69) is 60.0 Å². The summed E-state index contributed by atoms with van der Waals surface area (Å²) < 4.78 is 2.89. The predicted octanol–water partition coefficient (Wildman–Crippen LogP) is 9.03. The number of allylic oxidation sites excluding steroid dienone is 2. The van der Waals surface area contributed by atoms with E-state index < -0.39 is 0 Å². The summed E-state index contributed by atoms with van der Waals surface area (Å²) in [5, 5.41) is 2.97. The normalized spacial score (nSPS) is 18.8. The van der Waals surface area contributed by atoms with Crippen molar-refractivity contribution >= 4 is 65.4 Å². The Morgan fingerprint density at radius 2 is 1.00 bits per heavy atom. The van der Waals surface area contributed by atoms with Crippen LogP contribution in [0.3, 0.4) is 0 Å². The third kappa shape index (κ3) is 3.64. The number of thiophene rings is 2. The molecule has 4 heteroatoms. The Morgan fingerprint density at radius 3 is 1.43 bits per heavy atom. The molecule has 0 atom stereocenters. The lowest BCUT2D eigenvalue weighted by Gasteiger charge is -2.18. The Labute approximate surface area is 216 Å². The average molecular weight is 499 g/mol. The van der Waals surface area contributed by atoms with Gasteiger partial charge in [0.15, 0.2) is 0 Å². The van der Waals surface area contributed by atoms with Crippen molar-refractivity contribution in [2.75, 3.05) is 36.0 Å². The number of anilines is 2. The minimum atomic E-state index is 1.21. The molecule has 0 radical (unpaired) electrons. The second kappa shape index (κ2) is 8.67. The first-order valence-electron chi connectivity index (χ1n) is 13.5. The van der Waals surface area contributed by atoms with Crippen LogP contribution in [0.1, 0.15) is 65.8 Å². The lowest BCUT2D eigenvalue weighted by molar-refractivity contribution is 0.942. The van der Waals surface area contributed by atoms with E-state index in [4.69, 9.17) is 0 Å². The van der Waals surface area contributed by atoms with Gasteiger partial charge in [0.1, 0.15) is 0 Å². The summed E-state index contributed by atoms with van der Waals surface area (Å²) in [6.07, 6.45) is 8.99. The fourth-order valence-electron chi connectivity index (χ4n) is 6.81. The smallest absolute Gasteiger partial charge is 0.0373 e. The molecule has 2 nitrogen and oxygen atoms in total. The van der Waals surface area contributed by atoms with Crippen LogP contribution in [0, 0.1) is 13.8 Å². The van der Waals surface area contributed by atoms with E-state index >= 15 is 0 Å². The van der Waals surface area contributed by atoms with E-state index in [0.29, 0.717) is 0 Å². The van der Waals surface area contributed by atoms with E-state index in [1.165, 1.54) is 112 Å². The lowest BCUT2D eigenvalue weighted by atomic mass is 9.93. The molecule has 2 aromatic carbocycles. The van der Waals surface area contributed by atoms with Gasteiger partial charge in [-0.2, -0.15) is 0 Å². The quantitative estimate of drug-likeness (QED) is 0.277. The first kappa shape index (κ1) is 21.9. The monoisotopic (exact) mass is 498 g/mol. The zero-order valence-corrected chi connectivity index (χ0v) is 22.6. The number of hydrogen-bond acceptors (Lipinski definition) is 4. The SMILES string of the molecule is Cc1sc2ccc(N3CCCC3)cc2c1C1=C(c2c(C)sc3ccc(N4CCCC4)cc23)CCC1. The molecule has 1 aliphatic carbocycles. The van der Waals surface area contributed by atoms with Gasteiger partial charge in [-0.05, 0) is 117 Å². The van der Waals surface area contributed by atoms with Crippen LogP contribution >= 0.6 is 22.7 Å². The molecule has 7 rings (SSSR count). The number of benzene rings is 2. The van der Waals surface area contributed by atoms with Crippen LogP contribution in [0.15, 0.2) is 36.4 Å². The summed E-state index contributed by atoms with van der Waals surface area (Å²) in [5.74, 6) is 0. The average Bonchev–Trinajstić information content (AvgIpc) is 3.68. The van der Waals surface area contributed by atoms with Crippen LogP contribution in [0.4, 0.5) is 11.4 Å². The summed E-state index contributed by atoms with van der Waals surface area (Å²) in [6.45, 7) is 9.52. The van der Waals surface area contributed by atoms with E-state index in [1.54, 1.807) is 22.3 Å². The molecule has 0 amide bonds. The summed E-state index contributed by atoms with van der Waals surface area (Å²) in [5.41, 5.74) is 9.19. The zero-order valence-electron chi connectivity index (χ0n) is 21.0. The van der Waals surface area contributed by atoms with Gasteiger partial charge in [-0.1, -0.05) is 0 Å². The molecule has 2 saturated heterocycles. The largest absolute Gasteiger partial charge is 0.372 e. The van der Waals surface area contributed by atoms with Crippen molar-refractivity contribution in [3.05, 3.63) is 57.3 Å². The Hall–Kier alpha value is -2.30. The zero-order chi connectivity index (χ0) is 23.5. The van der Waals surface area contributed by atoms with E-state index in [1.807, 2.05) is 22.7 Å². The number of hydrogen-bond donors (Lipinski definition) is 0. The van der Waals surface area contributed by atoms with Crippen molar-refractivity contribution in [3.8, 4) is 0 Å². The second-order valence-corrected chi connectivity index (χ2v) is 13.1. The maximum absolute atomic E-state index is 2.58. The fraction of sp³-hybridized carbons (Fsp3) is 0.419. The molecule has 0 unspecified atom stereocenters. The van der Waals surface area contributed by atoms with Crippen LogP contribution in [-0.2, 0) is 0 Å². The molecule has 0 N–H and O–H groups in total. The Balaban J connectivity index is 1.40. The maximum Gasteiger partial charge on any atom is 0.0373 e. The molecular formula is C31H34N2S2. The molecule has 35 heavy (non-hydrogen) atoms. The lowest BCUT2D eigenvalue weighted by Crippen LogP contribution is -2.17. The standard InChI is InChI=1S/C31H34N2S2/c1-20-30(26-18-22(10-12-28(26)34-20)32-14-3-4-15-32)24-8-7-9-25(24)31-21(2)35-29-13-11-23(19-27(29)31)33-16-5-6-17-33/h10-13,18-19H,3-9,14-17H2,1-2H3. The van der Waals surface area contributed by atoms with Gasteiger partial charge in [0, 0.05) is 67.5 Å². The molecule has 180 valence electrons. The molecule has 4 aromatic rings. The third-order valence-corrected chi connectivity index (χ3v) is 10.6. The van der Waals surface area contributed by atoms with Gasteiger partial charge in [0.2, 0.25) is 0 Å². The van der Waals surface area contributed by atoms with Crippen molar-refractivity contribution in [2.24, 2.45) is 0 Å². The van der Waals surface area contributed by atoms with Crippen molar-refractivity contribution in [1.29, 1.82) is 0 Å². The number of aryl methyl sites for hydroxylation is 2. The van der Waals surface area contributed by atoms with E-state index in [0.717, 1.165) is 0 Å². The molecule has 3 aliphatic rings. The predicted molar refractivity (Wildman–Crippen MR) is 157 cm³/mol. The summed E-state index contributed by atoms with van der Waals surface area (Å²) in [6, 6.07) is 14.5. The van der Waals surface area contributed by atoms with Gasteiger partial charge in [-0.25, -0.2) is 0 Å². The van der Waals surface area contributed by atoms with E-state index in [9.17, 15) is 0 Å². The van der Waals surface area contributed by atoms with Crippen molar-refractivity contribution < 1.29 is 0 Å². The maximum atomic E-state index is 2.58. The summed E-state index contributed by atoms with van der Waals surface area (Å²) in [7, 11) is 0. The molecule has 0 saturated carbocycles. The number of rotatable bonds is 4. The highest BCUT2D eigenvalue weighted by molar-refractivity contribution is 7.19. The van der Waals surface area contributed by atoms with Crippen LogP contribution < -0.4 is 9.80 Å². The molecule has 2 aliphatic heterocycles. The second-order valence-electron chi connectivity index (χ2n) is 10.6. The summed E-state index contributed by atoms with van der Waals surface area (Å²) >= 11 is 3.97. The number of nitrogens with zero attached hydrogens (tertiary/aromatic N) is 2. The molecule has 0 spiro atoms. The van der Waals surface area contributed by atoms with Gasteiger partial charge < -0.3 is 9.80 Å². The first-order chi connectivity index (χ1) is 17.2. The molecule has 4 heterocycles. The van der Waals surface area contributed by atoms with Gasteiger partial charge in [-0.3, -0.25) is 0 Å². The highest BCUT2D eigenvalue weighted by Crippen LogP contribution is 2.50. The highest BCUT2D eigenvalue weighted by atomic mass is 32.1. The highest BCUT2D eigenvalue weighted by Gasteiger charge is 2.26. The minimum absolute atomic E-state index is 1.21. The van der Waals surface area contributed by atoms with Gasteiger partial charge >= 0.3 is 0 Å². The number of fused-ring (bicyclic) bond motifs is 2. The molecule has 2 fully saturated rings. The first-order valence-corrected chi connectivity index (χ1v) is 15.1. The van der Waals surface area contributed by atoms with Crippen molar-refractivity contribution in [1.82, 2.24) is 0 Å². The van der Waals surface area contributed by atoms with Crippen LogP contribution in [0.2, 0.25) is 0 Å². The van der Waals surface area contributed by atoms with Crippen LogP contribution in [0.25, 0.3) is 31.3 Å². The van der Waals surface area contributed by atoms with Gasteiger partial charge in [-0.15, -0.1) is 22.7 Å². The Kier molecular flexibility index (Phi) is 5.44. The van der Waals surface area contributed by atoms with Crippen LogP contribution in [-0.4, -0.2) is 26.2 Å². The summed E-state index contributed by atoms with van der Waals surface area (Å²) in [4.78, 5) is 8.14. The van der Waals surface area contributed by atoms with Crippen LogP contribution in [0.5, 0.6) is 0 Å². The minimum Gasteiger partial charge on any atom is -0.372 e. The van der Waals surface area contributed by atoms with Gasteiger partial charge in [0.25, 0.3) is 0 Å². The van der Waals surface area contributed by atoms with Crippen molar-refractivity contribution in [2.45, 2.75) is 58.8 Å². The topological polar surface area (TPSA) is 6.48 Å². The molecule has 2 aromatic heterocycles. The van der Waals surface area contributed by atoms with Gasteiger partial charge in [0.05, 0.1) is 0 Å². The molecular weight excluding hydrogens is 464 g/mol. The Bertz CT molecular complexity index is 1350.